The van der Waals surface area contributed by atoms with Crippen LogP contribution in [0.15, 0.2) is 18.2 Å². The molecule has 1 saturated carbocycles. The lowest BCUT2D eigenvalue weighted by molar-refractivity contribution is -0.384. The van der Waals surface area contributed by atoms with Crippen molar-refractivity contribution in [3.8, 4) is 0 Å². The number of hydrogen-bond donors (Lipinski definition) is 3. The van der Waals surface area contributed by atoms with Crippen LogP contribution in [-0.2, 0) is 16.1 Å². The molecule has 0 aromatic heterocycles. The average molecular weight is 448 g/mol. The molecule has 2 fully saturated rings. The molecular formula is C24H37N3O5. The fourth-order valence-electron chi connectivity index (χ4n) is 5.02. The lowest BCUT2D eigenvalue weighted by atomic mass is 9.90. The highest BCUT2D eigenvalue weighted by atomic mass is 16.6. The number of anilines is 1. The van der Waals surface area contributed by atoms with Crippen molar-refractivity contribution in [1.82, 2.24) is 5.32 Å². The third-order valence-corrected chi connectivity index (χ3v) is 6.88. The van der Waals surface area contributed by atoms with Gasteiger partial charge in [-0.25, -0.2) is 0 Å². The summed E-state index contributed by atoms with van der Waals surface area (Å²) in [5.74, 6) is 0.640. The highest BCUT2D eigenvalue weighted by Gasteiger charge is 2.24. The van der Waals surface area contributed by atoms with Crippen LogP contribution in [-0.4, -0.2) is 41.8 Å². The van der Waals surface area contributed by atoms with Gasteiger partial charge in [0.05, 0.1) is 4.92 Å². The molecule has 1 saturated heterocycles. The van der Waals surface area contributed by atoms with E-state index in [1.807, 2.05) is 6.07 Å². The Morgan fingerprint density at radius 3 is 2.59 bits per heavy atom. The number of benzene rings is 1. The quantitative estimate of drug-likeness (QED) is 0.317. The van der Waals surface area contributed by atoms with Crippen LogP contribution in [0, 0.1) is 27.9 Å². The molecule has 8 heteroatoms. The average Bonchev–Trinajstić information content (AvgIpc) is 3.28. The minimum absolute atomic E-state index is 0.0258. The van der Waals surface area contributed by atoms with Crippen molar-refractivity contribution in [2.45, 2.75) is 70.9 Å². The Morgan fingerprint density at radius 1 is 1.22 bits per heavy atom. The van der Waals surface area contributed by atoms with E-state index < -0.39 is 12.0 Å². The lowest BCUT2D eigenvalue weighted by Crippen LogP contribution is -2.37. The van der Waals surface area contributed by atoms with Crippen LogP contribution in [0.2, 0.25) is 0 Å². The normalized spacial score (nSPS) is 19.5. The Kier molecular flexibility index (Phi) is 9.29. The maximum absolute atomic E-state index is 11.8. The molecule has 1 aliphatic heterocycles. The summed E-state index contributed by atoms with van der Waals surface area (Å²) in [5, 5.41) is 27.6. The third-order valence-electron chi connectivity index (χ3n) is 6.88. The van der Waals surface area contributed by atoms with Crippen LogP contribution >= 0.6 is 0 Å². The van der Waals surface area contributed by atoms with E-state index in [-0.39, 0.29) is 17.2 Å². The first-order valence-corrected chi connectivity index (χ1v) is 12.0. The van der Waals surface area contributed by atoms with E-state index in [0.29, 0.717) is 36.1 Å². The monoisotopic (exact) mass is 447 g/mol. The number of ether oxygens (including phenoxy) is 1. The molecule has 1 aliphatic carbocycles. The molecule has 0 amide bonds. The minimum atomic E-state index is -0.868. The number of carboxylic acids is 1. The van der Waals surface area contributed by atoms with Gasteiger partial charge in [0.15, 0.2) is 0 Å². The van der Waals surface area contributed by atoms with E-state index >= 15 is 0 Å². The molecule has 3 rings (SSSR count). The number of hydrogen-bond acceptors (Lipinski definition) is 6. The topological polar surface area (TPSA) is 114 Å². The predicted octanol–water partition coefficient (Wildman–Crippen LogP) is 4.58. The van der Waals surface area contributed by atoms with Gasteiger partial charge in [0.2, 0.25) is 0 Å². The van der Waals surface area contributed by atoms with Crippen molar-refractivity contribution in [3.63, 3.8) is 0 Å². The summed E-state index contributed by atoms with van der Waals surface area (Å²) in [6.45, 7) is 4.57. The summed E-state index contributed by atoms with van der Waals surface area (Å²) < 4.78 is 5.36. The second-order valence-corrected chi connectivity index (χ2v) is 9.54. The molecule has 178 valence electrons. The van der Waals surface area contributed by atoms with E-state index in [0.717, 1.165) is 38.4 Å². The van der Waals surface area contributed by atoms with Gasteiger partial charge in [-0.15, -0.1) is 0 Å². The number of nitro benzene ring substituents is 1. The Balaban J connectivity index is 1.55. The number of rotatable bonds is 12. The number of carboxylic acid groups (broad SMARTS) is 1. The molecule has 8 nitrogen and oxygen atoms in total. The summed E-state index contributed by atoms with van der Waals surface area (Å²) in [7, 11) is 0. The second-order valence-electron chi connectivity index (χ2n) is 9.54. The second kappa shape index (κ2) is 12.2. The molecule has 2 unspecified atom stereocenters. The lowest BCUT2D eigenvalue weighted by Gasteiger charge is -2.23. The van der Waals surface area contributed by atoms with Crippen molar-refractivity contribution in [3.05, 3.63) is 33.9 Å². The Bertz CT molecular complexity index is 760. The zero-order valence-corrected chi connectivity index (χ0v) is 19.1. The van der Waals surface area contributed by atoms with Crippen molar-refractivity contribution < 1.29 is 19.6 Å². The third kappa shape index (κ3) is 7.45. The zero-order valence-electron chi connectivity index (χ0n) is 19.1. The van der Waals surface area contributed by atoms with Gasteiger partial charge in [-0.1, -0.05) is 38.7 Å². The summed E-state index contributed by atoms with van der Waals surface area (Å²) in [4.78, 5) is 23.0. The highest BCUT2D eigenvalue weighted by molar-refractivity contribution is 5.73. The Labute approximate surface area is 190 Å². The molecular weight excluding hydrogens is 410 g/mol. The predicted molar refractivity (Wildman–Crippen MR) is 124 cm³/mol. The fraction of sp³-hybridized carbons (Fsp3) is 0.708. The first kappa shape index (κ1) is 24.5. The number of nitro groups is 1. The van der Waals surface area contributed by atoms with E-state index in [2.05, 4.69) is 17.6 Å². The SMILES string of the molecule is CC(CC1CCCC1)CC(NCc1ccc(NCC2CCOCC2)c([N+](=O)[O-])c1)C(=O)O. The highest BCUT2D eigenvalue weighted by Crippen LogP contribution is 2.32. The fourth-order valence-corrected chi connectivity index (χ4v) is 5.02. The zero-order chi connectivity index (χ0) is 22.9. The smallest absolute Gasteiger partial charge is 0.320 e. The van der Waals surface area contributed by atoms with Gasteiger partial charge in [0.1, 0.15) is 11.7 Å². The molecule has 2 aliphatic rings. The molecule has 0 radical (unpaired) electrons. The van der Waals surface area contributed by atoms with Crippen LogP contribution in [0.5, 0.6) is 0 Å². The van der Waals surface area contributed by atoms with Crippen molar-refractivity contribution in [2.24, 2.45) is 17.8 Å². The molecule has 0 bridgehead atoms. The molecule has 1 aromatic rings. The standard InChI is InChI=1S/C24H37N3O5/c1-17(12-18-4-2-3-5-18)13-22(24(28)29)26-16-20-6-7-21(23(14-20)27(30)31)25-15-19-8-10-32-11-9-19/h6-7,14,17-19,22,25-26H,2-5,8-13,15-16H2,1H3,(H,28,29). The van der Waals surface area contributed by atoms with Gasteiger partial charge in [0.25, 0.3) is 5.69 Å². The van der Waals surface area contributed by atoms with Gasteiger partial charge in [-0.2, -0.15) is 0 Å². The van der Waals surface area contributed by atoms with E-state index in [1.165, 1.54) is 25.7 Å². The van der Waals surface area contributed by atoms with Crippen molar-refractivity contribution in [2.75, 3.05) is 25.1 Å². The molecule has 1 heterocycles. The van der Waals surface area contributed by atoms with E-state index in [4.69, 9.17) is 4.74 Å². The summed E-state index contributed by atoms with van der Waals surface area (Å²) in [6.07, 6.45) is 8.65. The van der Waals surface area contributed by atoms with Crippen LogP contribution in [0.1, 0.15) is 63.9 Å². The Hall–Kier alpha value is -2.19. The molecule has 0 spiro atoms. The number of nitrogens with zero attached hydrogens (tertiary/aromatic N) is 1. The molecule has 3 N–H and O–H groups in total. The van der Waals surface area contributed by atoms with Crippen LogP contribution < -0.4 is 10.6 Å². The number of aliphatic carboxylic acids is 1. The Morgan fingerprint density at radius 2 is 1.94 bits per heavy atom. The van der Waals surface area contributed by atoms with Gasteiger partial charge in [-0.05, 0) is 55.1 Å². The molecule has 32 heavy (non-hydrogen) atoms. The van der Waals surface area contributed by atoms with E-state index in [9.17, 15) is 20.0 Å². The van der Waals surface area contributed by atoms with Crippen molar-refractivity contribution >= 4 is 17.3 Å². The number of carbonyl (C=O) groups is 1. The maximum Gasteiger partial charge on any atom is 0.320 e. The van der Waals surface area contributed by atoms with Crippen LogP contribution in [0.25, 0.3) is 0 Å². The van der Waals surface area contributed by atoms with Gasteiger partial charge >= 0.3 is 5.97 Å². The molecule has 1 aromatic carbocycles. The van der Waals surface area contributed by atoms with Crippen LogP contribution in [0.4, 0.5) is 11.4 Å². The van der Waals surface area contributed by atoms with Crippen LogP contribution in [0.3, 0.4) is 0 Å². The van der Waals surface area contributed by atoms with Gasteiger partial charge in [-0.3, -0.25) is 14.9 Å². The first-order chi connectivity index (χ1) is 15.4. The molecule has 2 atom stereocenters. The van der Waals surface area contributed by atoms with Gasteiger partial charge < -0.3 is 20.5 Å². The minimum Gasteiger partial charge on any atom is -0.480 e. The summed E-state index contributed by atoms with van der Waals surface area (Å²) >= 11 is 0. The van der Waals surface area contributed by atoms with Gasteiger partial charge in [0, 0.05) is 32.4 Å². The summed E-state index contributed by atoms with van der Waals surface area (Å²) in [6, 6.07) is 4.44. The maximum atomic E-state index is 11.8. The summed E-state index contributed by atoms with van der Waals surface area (Å²) in [5.41, 5.74) is 1.24. The van der Waals surface area contributed by atoms with E-state index in [1.54, 1.807) is 12.1 Å². The largest absolute Gasteiger partial charge is 0.480 e. The van der Waals surface area contributed by atoms with Crippen molar-refractivity contribution in [1.29, 1.82) is 0 Å². The number of nitrogens with one attached hydrogen (secondary N) is 2. The first-order valence-electron chi connectivity index (χ1n) is 12.0.